The van der Waals surface area contributed by atoms with Gasteiger partial charge in [0.05, 0.1) is 6.42 Å². The van der Waals surface area contributed by atoms with Crippen LogP contribution in [-0.2, 0) is 4.79 Å². The van der Waals surface area contributed by atoms with E-state index in [1.807, 2.05) is 0 Å². The number of nitrogens with two attached hydrogens (primary N) is 1. The highest BCUT2D eigenvalue weighted by molar-refractivity contribution is 7.13. The maximum absolute atomic E-state index is 11.2. The molecule has 2 N–H and O–H groups in total. The molecule has 0 aliphatic carbocycles. The number of carbonyl (C=O) groups is 1. The second kappa shape index (κ2) is 2.56. The van der Waals surface area contributed by atoms with Crippen molar-refractivity contribution in [3.8, 4) is 0 Å². The monoisotopic (exact) mass is 182 g/mol. The van der Waals surface area contributed by atoms with Crippen molar-refractivity contribution in [1.82, 2.24) is 4.98 Å². The van der Waals surface area contributed by atoms with Crippen LogP contribution in [0.25, 0.3) is 0 Å². The van der Waals surface area contributed by atoms with E-state index >= 15 is 0 Å². The first kappa shape index (κ1) is 7.23. The molecule has 0 aromatic carbocycles. The SMILES string of the molecule is NC1=NN(c2nccs2)C(=O)C1. The number of carbonyl (C=O) groups excluding carboxylic acids is 1. The largest absolute Gasteiger partial charge is 0.385 e. The summed E-state index contributed by atoms with van der Waals surface area (Å²) < 4.78 is 0. The summed E-state index contributed by atoms with van der Waals surface area (Å²) in [7, 11) is 0. The van der Waals surface area contributed by atoms with E-state index in [2.05, 4.69) is 10.1 Å². The maximum Gasteiger partial charge on any atom is 0.257 e. The average molecular weight is 182 g/mol. The molecule has 1 amide bonds. The quantitative estimate of drug-likeness (QED) is 0.672. The van der Waals surface area contributed by atoms with E-state index < -0.39 is 0 Å². The molecule has 12 heavy (non-hydrogen) atoms. The first-order chi connectivity index (χ1) is 5.77. The van der Waals surface area contributed by atoms with Gasteiger partial charge in [0.15, 0.2) is 0 Å². The molecule has 0 saturated heterocycles. The summed E-state index contributed by atoms with van der Waals surface area (Å²) in [6.07, 6.45) is 1.82. The number of anilines is 1. The van der Waals surface area contributed by atoms with E-state index in [1.54, 1.807) is 11.6 Å². The minimum Gasteiger partial charge on any atom is -0.385 e. The van der Waals surface area contributed by atoms with Crippen molar-refractivity contribution in [3.05, 3.63) is 11.6 Å². The molecule has 2 rings (SSSR count). The van der Waals surface area contributed by atoms with Gasteiger partial charge in [0.2, 0.25) is 5.13 Å². The third-order valence-electron chi connectivity index (χ3n) is 1.40. The summed E-state index contributed by atoms with van der Waals surface area (Å²) in [6, 6.07) is 0. The Kier molecular flexibility index (Phi) is 1.54. The Labute approximate surface area is 72.5 Å². The van der Waals surface area contributed by atoms with Crippen molar-refractivity contribution in [2.75, 3.05) is 5.01 Å². The molecule has 0 fully saturated rings. The van der Waals surface area contributed by atoms with Gasteiger partial charge in [0.25, 0.3) is 5.91 Å². The van der Waals surface area contributed by atoms with Gasteiger partial charge in [-0.3, -0.25) is 4.79 Å². The van der Waals surface area contributed by atoms with Gasteiger partial charge in [-0.2, -0.15) is 5.01 Å². The molecule has 0 atom stereocenters. The van der Waals surface area contributed by atoms with Crippen LogP contribution in [0.4, 0.5) is 5.13 Å². The molecular weight excluding hydrogens is 176 g/mol. The Bertz CT molecular complexity index is 331. The van der Waals surface area contributed by atoms with Crippen LogP contribution in [0.1, 0.15) is 6.42 Å². The van der Waals surface area contributed by atoms with E-state index in [0.717, 1.165) is 0 Å². The Hall–Kier alpha value is -1.43. The molecule has 1 aliphatic heterocycles. The predicted octanol–water partition coefficient (Wildman–Crippen LogP) is 0.152. The number of rotatable bonds is 1. The first-order valence-electron chi connectivity index (χ1n) is 3.33. The molecule has 0 unspecified atom stereocenters. The van der Waals surface area contributed by atoms with Crippen LogP contribution < -0.4 is 10.7 Å². The summed E-state index contributed by atoms with van der Waals surface area (Å²) in [6.45, 7) is 0. The van der Waals surface area contributed by atoms with Crippen LogP contribution in [0.3, 0.4) is 0 Å². The van der Waals surface area contributed by atoms with Gasteiger partial charge in [-0.15, -0.1) is 16.4 Å². The van der Waals surface area contributed by atoms with Crippen LogP contribution in [0.2, 0.25) is 0 Å². The number of aromatic nitrogens is 1. The molecule has 6 heteroatoms. The Morgan fingerprint density at radius 3 is 3.00 bits per heavy atom. The molecule has 0 radical (unpaired) electrons. The second-order valence-electron chi connectivity index (χ2n) is 2.29. The van der Waals surface area contributed by atoms with Crippen LogP contribution in [-0.4, -0.2) is 16.7 Å². The Balaban J connectivity index is 2.31. The van der Waals surface area contributed by atoms with Crippen molar-refractivity contribution < 1.29 is 4.79 Å². The highest BCUT2D eigenvalue weighted by Crippen LogP contribution is 2.21. The fourth-order valence-corrected chi connectivity index (χ4v) is 1.53. The lowest BCUT2D eigenvalue weighted by atomic mass is 10.4. The number of hydrogen-bond donors (Lipinski definition) is 1. The van der Waals surface area contributed by atoms with Crippen molar-refractivity contribution in [2.45, 2.75) is 6.42 Å². The van der Waals surface area contributed by atoms with Crippen molar-refractivity contribution in [1.29, 1.82) is 0 Å². The van der Waals surface area contributed by atoms with Crippen LogP contribution in [0.5, 0.6) is 0 Å². The highest BCUT2D eigenvalue weighted by atomic mass is 32.1. The Morgan fingerprint density at radius 1 is 1.67 bits per heavy atom. The van der Waals surface area contributed by atoms with E-state index in [4.69, 9.17) is 5.73 Å². The lowest BCUT2D eigenvalue weighted by molar-refractivity contribution is -0.116. The zero-order valence-corrected chi connectivity index (χ0v) is 6.91. The minimum absolute atomic E-state index is 0.123. The number of hydrazone groups is 1. The Morgan fingerprint density at radius 2 is 2.50 bits per heavy atom. The zero-order chi connectivity index (χ0) is 8.55. The molecular formula is C6H6N4OS. The van der Waals surface area contributed by atoms with Gasteiger partial charge >= 0.3 is 0 Å². The third kappa shape index (κ3) is 1.06. The summed E-state index contributed by atoms with van der Waals surface area (Å²) in [5.74, 6) is 0.220. The minimum atomic E-state index is -0.123. The molecule has 1 aromatic rings. The molecule has 0 spiro atoms. The lowest BCUT2D eigenvalue weighted by Crippen LogP contribution is -2.19. The second-order valence-corrected chi connectivity index (χ2v) is 3.16. The standard InChI is InChI=1S/C6H6N4OS/c7-4-3-5(11)10(9-4)6-8-1-2-12-6/h1-2H,3H2,(H2,7,9). The van der Waals surface area contributed by atoms with Gasteiger partial charge in [-0.25, -0.2) is 4.98 Å². The smallest absolute Gasteiger partial charge is 0.257 e. The van der Waals surface area contributed by atoms with Gasteiger partial charge in [-0.1, -0.05) is 0 Å². The average Bonchev–Trinajstić information content (AvgIpc) is 2.58. The van der Waals surface area contributed by atoms with Gasteiger partial charge in [-0.05, 0) is 0 Å². The predicted molar refractivity (Wildman–Crippen MR) is 45.8 cm³/mol. The summed E-state index contributed by atoms with van der Waals surface area (Å²) in [5.41, 5.74) is 5.39. The van der Waals surface area contributed by atoms with Crippen molar-refractivity contribution in [3.63, 3.8) is 0 Å². The molecule has 5 nitrogen and oxygen atoms in total. The number of thiazole rings is 1. The third-order valence-corrected chi connectivity index (χ3v) is 2.14. The topological polar surface area (TPSA) is 71.6 Å². The fourth-order valence-electron chi connectivity index (χ4n) is 0.919. The van der Waals surface area contributed by atoms with E-state index in [9.17, 15) is 4.79 Å². The molecule has 0 bridgehead atoms. The summed E-state index contributed by atoms with van der Waals surface area (Å²) in [4.78, 5) is 15.1. The van der Waals surface area contributed by atoms with Crippen molar-refractivity contribution in [2.24, 2.45) is 10.8 Å². The molecule has 62 valence electrons. The summed E-state index contributed by atoms with van der Waals surface area (Å²) in [5, 5.41) is 7.43. The number of nitrogens with zero attached hydrogens (tertiary/aromatic N) is 3. The zero-order valence-electron chi connectivity index (χ0n) is 6.10. The number of amides is 1. The van der Waals surface area contributed by atoms with Gasteiger partial charge in [0, 0.05) is 11.6 Å². The molecule has 2 heterocycles. The number of hydrogen-bond acceptors (Lipinski definition) is 5. The normalized spacial score (nSPS) is 16.8. The molecule has 1 aliphatic rings. The molecule has 1 aromatic heterocycles. The van der Waals surface area contributed by atoms with Crippen LogP contribution in [0, 0.1) is 0 Å². The van der Waals surface area contributed by atoms with Crippen LogP contribution in [0.15, 0.2) is 16.7 Å². The highest BCUT2D eigenvalue weighted by Gasteiger charge is 2.24. The van der Waals surface area contributed by atoms with E-state index in [1.165, 1.54) is 16.3 Å². The maximum atomic E-state index is 11.2. The van der Waals surface area contributed by atoms with E-state index in [-0.39, 0.29) is 12.3 Å². The van der Waals surface area contributed by atoms with Crippen LogP contribution >= 0.6 is 11.3 Å². The molecule has 0 saturated carbocycles. The summed E-state index contributed by atoms with van der Waals surface area (Å²) >= 11 is 1.36. The lowest BCUT2D eigenvalue weighted by Gasteiger charge is -2.04. The van der Waals surface area contributed by atoms with Gasteiger partial charge in [0.1, 0.15) is 5.84 Å². The van der Waals surface area contributed by atoms with Crippen molar-refractivity contribution >= 4 is 28.2 Å². The fraction of sp³-hybridized carbons (Fsp3) is 0.167. The van der Waals surface area contributed by atoms with E-state index in [0.29, 0.717) is 11.0 Å². The van der Waals surface area contributed by atoms with Gasteiger partial charge < -0.3 is 5.73 Å². The number of amidine groups is 1. The first-order valence-corrected chi connectivity index (χ1v) is 4.21.